The average molecular weight is 474 g/mol. The van der Waals surface area contributed by atoms with Crippen LogP contribution in [-0.4, -0.2) is 21.2 Å². The van der Waals surface area contributed by atoms with E-state index >= 15 is 0 Å². The van der Waals surface area contributed by atoms with Crippen LogP contribution >= 0.6 is 35.0 Å². The minimum absolute atomic E-state index is 0.00772. The number of para-hydroxylation sites is 1. The van der Waals surface area contributed by atoms with Crippen LogP contribution in [0.1, 0.15) is 0 Å². The first-order chi connectivity index (χ1) is 14.9. The number of thioether (sulfide) groups is 1. The largest absolute Gasteiger partial charge is 0.325 e. The molecule has 0 saturated carbocycles. The minimum atomic E-state index is -0.416. The van der Waals surface area contributed by atoms with E-state index in [4.69, 9.17) is 23.2 Å². The molecule has 31 heavy (non-hydrogen) atoms. The molecule has 0 fully saturated rings. The second kappa shape index (κ2) is 9.09. The molecule has 4 aromatic rings. The zero-order valence-corrected chi connectivity index (χ0v) is 18.1. The molecule has 0 aliphatic carbocycles. The molecule has 0 bridgehead atoms. The van der Waals surface area contributed by atoms with Gasteiger partial charge in [-0.05, 0) is 54.6 Å². The van der Waals surface area contributed by atoms with E-state index in [9.17, 15) is 14.0 Å². The Balaban J connectivity index is 1.65. The van der Waals surface area contributed by atoms with E-state index in [2.05, 4.69) is 10.3 Å². The molecule has 0 atom stereocenters. The van der Waals surface area contributed by atoms with E-state index in [-0.39, 0.29) is 17.2 Å². The van der Waals surface area contributed by atoms with Gasteiger partial charge in [-0.15, -0.1) is 0 Å². The lowest BCUT2D eigenvalue weighted by molar-refractivity contribution is -0.113. The monoisotopic (exact) mass is 473 g/mol. The van der Waals surface area contributed by atoms with Crippen LogP contribution in [0.5, 0.6) is 0 Å². The van der Waals surface area contributed by atoms with Crippen LogP contribution in [0.4, 0.5) is 10.1 Å². The van der Waals surface area contributed by atoms with Gasteiger partial charge in [-0.1, -0.05) is 47.1 Å². The number of rotatable bonds is 5. The fraction of sp³-hybridized carbons (Fsp3) is 0.0455. The quantitative estimate of drug-likeness (QED) is 0.304. The summed E-state index contributed by atoms with van der Waals surface area (Å²) >= 11 is 13.0. The van der Waals surface area contributed by atoms with Crippen molar-refractivity contribution in [3.05, 3.63) is 92.9 Å². The Hall–Kier alpha value is -2.87. The summed E-state index contributed by atoms with van der Waals surface area (Å²) in [5, 5.41) is 4.19. The fourth-order valence-electron chi connectivity index (χ4n) is 2.93. The number of hydrogen-bond acceptors (Lipinski definition) is 4. The van der Waals surface area contributed by atoms with Gasteiger partial charge in [-0.25, -0.2) is 9.37 Å². The van der Waals surface area contributed by atoms with Crippen molar-refractivity contribution in [2.45, 2.75) is 5.16 Å². The van der Waals surface area contributed by atoms with Gasteiger partial charge in [0.15, 0.2) is 5.16 Å². The van der Waals surface area contributed by atoms with Crippen molar-refractivity contribution in [2.24, 2.45) is 0 Å². The van der Waals surface area contributed by atoms with Gasteiger partial charge in [0.2, 0.25) is 5.91 Å². The van der Waals surface area contributed by atoms with Crippen LogP contribution in [0, 0.1) is 5.82 Å². The highest BCUT2D eigenvalue weighted by Gasteiger charge is 2.15. The van der Waals surface area contributed by atoms with Crippen molar-refractivity contribution in [3.8, 4) is 5.69 Å². The number of nitrogens with zero attached hydrogens (tertiary/aromatic N) is 2. The van der Waals surface area contributed by atoms with Gasteiger partial charge < -0.3 is 5.32 Å². The summed E-state index contributed by atoms with van der Waals surface area (Å²) in [5.74, 6) is -0.733. The highest BCUT2D eigenvalue weighted by molar-refractivity contribution is 7.99. The first-order valence-electron chi connectivity index (χ1n) is 9.08. The number of anilines is 1. The maximum Gasteiger partial charge on any atom is 0.266 e. The summed E-state index contributed by atoms with van der Waals surface area (Å²) in [6, 6.07) is 17.2. The molecule has 0 saturated heterocycles. The van der Waals surface area contributed by atoms with Crippen LogP contribution in [0.2, 0.25) is 10.0 Å². The zero-order chi connectivity index (χ0) is 22.0. The second-order valence-corrected chi connectivity index (χ2v) is 8.25. The molecule has 5 nitrogen and oxygen atoms in total. The van der Waals surface area contributed by atoms with E-state index in [1.807, 2.05) is 0 Å². The Bertz CT molecular complexity index is 1340. The Kier molecular flexibility index (Phi) is 6.27. The molecule has 0 radical (unpaired) electrons. The molecule has 156 valence electrons. The van der Waals surface area contributed by atoms with E-state index < -0.39 is 5.82 Å². The van der Waals surface area contributed by atoms with Gasteiger partial charge in [0.25, 0.3) is 5.56 Å². The Labute approximate surface area is 190 Å². The van der Waals surface area contributed by atoms with Gasteiger partial charge >= 0.3 is 0 Å². The third-order valence-electron chi connectivity index (χ3n) is 4.37. The van der Waals surface area contributed by atoms with Crippen molar-refractivity contribution < 1.29 is 9.18 Å². The number of hydrogen-bond donors (Lipinski definition) is 1. The fourth-order valence-corrected chi connectivity index (χ4v) is 4.04. The first-order valence-corrected chi connectivity index (χ1v) is 10.8. The van der Waals surface area contributed by atoms with E-state index in [1.165, 1.54) is 28.8 Å². The molecule has 4 rings (SSSR count). The summed E-state index contributed by atoms with van der Waals surface area (Å²) in [6.45, 7) is 0. The number of carbonyl (C=O) groups excluding carboxylic acids is 1. The van der Waals surface area contributed by atoms with Gasteiger partial charge in [0.1, 0.15) is 5.82 Å². The van der Waals surface area contributed by atoms with Crippen molar-refractivity contribution in [1.29, 1.82) is 0 Å². The molecule has 1 amide bonds. The molecular formula is C22H14Cl2FN3O2S. The zero-order valence-electron chi connectivity index (χ0n) is 15.8. The summed E-state index contributed by atoms with van der Waals surface area (Å²) in [6.07, 6.45) is 0. The number of aromatic nitrogens is 2. The predicted octanol–water partition coefficient (Wildman–Crippen LogP) is 5.56. The molecule has 1 heterocycles. The number of fused-ring (bicyclic) bond motifs is 1. The second-order valence-electron chi connectivity index (χ2n) is 6.49. The lowest BCUT2D eigenvalue weighted by Crippen LogP contribution is -2.23. The number of nitrogens with one attached hydrogen (secondary N) is 1. The first kappa shape index (κ1) is 21.4. The van der Waals surface area contributed by atoms with Crippen LogP contribution in [-0.2, 0) is 4.79 Å². The van der Waals surface area contributed by atoms with E-state index in [1.54, 1.807) is 42.5 Å². The molecule has 0 aliphatic heterocycles. The van der Waals surface area contributed by atoms with Gasteiger partial charge in [0.05, 0.1) is 32.4 Å². The number of benzene rings is 3. The minimum Gasteiger partial charge on any atom is -0.325 e. The van der Waals surface area contributed by atoms with Crippen LogP contribution < -0.4 is 10.9 Å². The third-order valence-corrected chi connectivity index (χ3v) is 6.04. The number of halogens is 3. The van der Waals surface area contributed by atoms with Gasteiger partial charge in [0, 0.05) is 5.69 Å². The number of amides is 1. The Morgan fingerprint density at radius 2 is 1.77 bits per heavy atom. The molecule has 1 N–H and O–H groups in total. The van der Waals surface area contributed by atoms with Crippen molar-refractivity contribution >= 4 is 57.5 Å². The van der Waals surface area contributed by atoms with Crippen LogP contribution in [0.25, 0.3) is 16.6 Å². The predicted molar refractivity (Wildman–Crippen MR) is 123 cm³/mol. The lowest BCUT2D eigenvalue weighted by atomic mass is 10.2. The normalized spacial score (nSPS) is 10.9. The summed E-state index contributed by atoms with van der Waals surface area (Å²) < 4.78 is 14.8. The average Bonchev–Trinajstić information content (AvgIpc) is 2.76. The van der Waals surface area contributed by atoms with Gasteiger partial charge in [-0.2, -0.15) is 0 Å². The number of carbonyl (C=O) groups is 1. The highest BCUT2D eigenvalue weighted by atomic mass is 35.5. The maximum absolute atomic E-state index is 13.4. The van der Waals surface area contributed by atoms with Gasteiger partial charge in [-0.3, -0.25) is 14.2 Å². The van der Waals surface area contributed by atoms with E-state index in [0.717, 1.165) is 11.8 Å². The van der Waals surface area contributed by atoms with Crippen molar-refractivity contribution in [3.63, 3.8) is 0 Å². The Morgan fingerprint density at radius 1 is 1.03 bits per heavy atom. The third kappa shape index (κ3) is 4.74. The van der Waals surface area contributed by atoms with Crippen molar-refractivity contribution in [2.75, 3.05) is 11.1 Å². The molecule has 1 aromatic heterocycles. The maximum atomic E-state index is 13.4. The van der Waals surface area contributed by atoms with E-state index in [0.29, 0.717) is 37.5 Å². The summed E-state index contributed by atoms with van der Waals surface area (Å²) in [7, 11) is 0. The van der Waals surface area contributed by atoms with Crippen molar-refractivity contribution in [1.82, 2.24) is 9.55 Å². The molecular weight excluding hydrogens is 460 g/mol. The topological polar surface area (TPSA) is 64.0 Å². The lowest BCUT2D eigenvalue weighted by Gasteiger charge is -2.13. The van der Waals surface area contributed by atoms with Crippen LogP contribution in [0.3, 0.4) is 0 Å². The summed E-state index contributed by atoms with van der Waals surface area (Å²) in [5.41, 5.74) is 1.17. The molecule has 0 unspecified atom stereocenters. The smallest absolute Gasteiger partial charge is 0.266 e. The van der Waals surface area contributed by atoms with Crippen LogP contribution in [0.15, 0.2) is 76.7 Å². The molecule has 0 spiro atoms. The Morgan fingerprint density at radius 3 is 2.52 bits per heavy atom. The molecule has 3 aromatic carbocycles. The molecule has 0 aliphatic rings. The molecule has 9 heteroatoms. The highest BCUT2D eigenvalue weighted by Crippen LogP contribution is 2.26. The summed E-state index contributed by atoms with van der Waals surface area (Å²) in [4.78, 5) is 30.1. The standard InChI is InChI=1S/C22H14Cl2FN3O2S/c23-17-10-7-14(11-18(17)24)26-20(29)12-31-22-27-19-4-2-1-3-16(19)21(30)28(22)15-8-5-13(25)6-9-15/h1-11H,12H2,(H,26,29). The SMILES string of the molecule is O=C(CSc1nc2ccccc2c(=O)n1-c1ccc(F)cc1)Nc1ccc(Cl)c(Cl)c1.